The smallest absolute Gasteiger partial charge is 0.407 e. The lowest BCUT2D eigenvalue weighted by atomic mass is 9.57. The van der Waals surface area contributed by atoms with Crippen molar-refractivity contribution < 1.29 is 46.9 Å². The van der Waals surface area contributed by atoms with Gasteiger partial charge in [0, 0.05) is 47.4 Å². The van der Waals surface area contributed by atoms with Crippen molar-refractivity contribution >= 4 is 36.3 Å². The zero-order valence-electron chi connectivity index (χ0n) is 41.5. The molecule has 4 heterocycles. The van der Waals surface area contributed by atoms with Crippen LogP contribution in [-0.2, 0) is 28.5 Å². The van der Waals surface area contributed by atoms with Gasteiger partial charge in [0.25, 0.3) is 0 Å². The SMILES string of the molecule is CCOC(=O)N[C@@H]1CC[C@H]2C[C@H]3C(=O)O[C@H](C)[C@H]3[C@@H](/C=C/c3ccc(-c4cccc(F)c4)cn3)[C@@H]2C1.CCOC(=O)N[C@H]1CC[C@H]2C[C@H]3C(=O)O[C@H](C)[C@H]3[C@@H](/C=C/c3ccc(-c4cccc(F)c4)cn3)[C@@H]2C1. The van der Waals surface area contributed by atoms with Gasteiger partial charge in [0.2, 0.25) is 0 Å². The Morgan fingerprint density at radius 3 is 1.42 bits per heavy atom. The van der Waals surface area contributed by atoms with Gasteiger partial charge in [-0.3, -0.25) is 19.6 Å². The highest BCUT2D eigenvalue weighted by molar-refractivity contribution is 5.76. The predicted molar refractivity (Wildman–Crippen MR) is 268 cm³/mol. The van der Waals surface area contributed by atoms with Crippen LogP contribution in [0, 0.1) is 70.8 Å². The summed E-state index contributed by atoms with van der Waals surface area (Å²) in [6.07, 6.45) is 18.1. The van der Waals surface area contributed by atoms with Gasteiger partial charge in [0.15, 0.2) is 0 Å². The Labute approximate surface area is 420 Å². The standard InChI is InChI=1S/2C29H33FN2O4/c2*1-3-35-29(34)32-23-10-7-19-14-26-27(17(2)36-28(26)33)24(25(19)15-23)12-11-22-9-8-20(16-31-22)18-5-4-6-21(30)13-18/h2*4-6,8-9,11-13,16-17,19,23-27H,3,7,10,14-15H2,1-2H3,(H,32,34)/b2*12-11+/t17-,19+,23+,24+,25-,26-,27+;17-,19+,23-,24+,25-,26-,27+/m11/s1. The topological polar surface area (TPSA) is 155 Å². The Bertz CT molecular complexity index is 2450. The average Bonchev–Trinajstić information content (AvgIpc) is 3.82. The maximum atomic E-state index is 13.6. The number of cyclic esters (lactones) is 2. The van der Waals surface area contributed by atoms with Crippen LogP contribution in [0.1, 0.15) is 90.4 Å². The molecule has 12 nitrogen and oxygen atoms in total. The van der Waals surface area contributed by atoms with Crippen molar-refractivity contribution in [2.24, 2.45) is 59.2 Å². The Kier molecular flexibility index (Phi) is 15.8. The Hall–Kier alpha value is -6.44. The molecule has 2 aromatic heterocycles. The first kappa shape index (κ1) is 50.5. The molecule has 2 saturated heterocycles. The number of halogens is 2. The number of hydrogen-bond acceptors (Lipinski definition) is 10. The van der Waals surface area contributed by atoms with Crippen molar-refractivity contribution in [3.63, 3.8) is 0 Å². The van der Waals surface area contributed by atoms with Crippen molar-refractivity contribution in [2.75, 3.05) is 13.2 Å². The van der Waals surface area contributed by atoms with E-state index in [-0.39, 0.29) is 95.6 Å². The summed E-state index contributed by atoms with van der Waals surface area (Å²) < 4.78 is 48.8. The van der Waals surface area contributed by atoms with Crippen molar-refractivity contribution in [1.82, 2.24) is 20.6 Å². The Morgan fingerprint density at radius 1 is 0.611 bits per heavy atom. The molecular weight excluding hydrogens is 919 g/mol. The average molecular weight is 985 g/mol. The zero-order valence-corrected chi connectivity index (χ0v) is 41.5. The molecule has 72 heavy (non-hydrogen) atoms. The molecule has 4 aromatic rings. The van der Waals surface area contributed by atoms with Crippen LogP contribution in [0.4, 0.5) is 18.4 Å². The summed E-state index contributed by atoms with van der Waals surface area (Å²) in [7, 11) is 0. The van der Waals surface area contributed by atoms with Crippen LogP contribution in [0.15, 0.2) is 97.3 Å². The van der Waals surface area contributed by atoms with E-state index in [2.05, 4.69) is 32.8 Å². The number of aromatic nitrogens is 2. The number of pyridine rings is 2. The minimum absolute atomic E-state index is 0.0646. The molecule has 2 amide bonds. The summed E-state index contributed by atoms with van der Waals surface area (Å²) in [5.41, 5.74) is 4.90. The largest absolute Gasteiger partial charge is 0.462 e. The molecule has 6 aliphatic rings. The number of carbonyl (C=O) groups excluding carboxylic acids is 4. The number of allylic oxidation sites excluding steroid dienone is 2. The summed E-state index contributed by atoms with van der Waals surface area (Å²) in [6, 6.07) is 20.8. The van der Waals surface area contributed by atoms with Crippen LogP contribution >= 0.6 is 0 Å². The van der Waals surface area contributed by atoms with E-state index in [9.17, 15) is 28.0 Å². The zero-order chi connectivity index (χ0) is 50.5. The van der Waals surface area contributed by atoms with Gasteiger partial charge in [-0.05, 0) is 174 Å². The fourth-order valence-corrected chi connectivity index (χ4v) is 13.2. The van der Waals surface area contributed by atoms with Gasteiger partial charge in [-0.25, -0.2) is 18.4 Å². The van der Waals surface area contributed by atoms with E-state index in [0.717, 1.165) is 85.0 Å². The molecule has 2 N–H and O–H groups in total. The molecule has 4 aliphatic carbocycles. The fourth-order valence-electron chi connectivity index (χ4n) is 13.2. The number of nitrogens with one attached hydrogen (secondary N) is 2. The molecule has 4 saturated carbocycles. The summed E-state index contributed by atoms with van der Waals surface area (Å²) in [6.45, 7) is 8.29. The highest BCUT2D eigenvalue weighted by Crippen LogP contribution is 2.55. The lowest BCUT2D eigenvalue weighted by molar-refractivity contribution is -0.145. The number of rotatable bonds is 10. The molecule has 6 fully saturated rings. The number of alkyl carbamates (subject to hydrolysis) is 2. The van der Waals surface area contributed by atoms with E-state index < -0.39 is 0 Å². The first-order valence-corrected chi connectivity index (χ1v) is 25.9. The molecule has 0 radical (unpaired) electrons. The second kappa shape index (κ2) is 22.5. The predicted octanol–water partition coefficient (Wildman–Crippen LogP) is 11.3. The molecule has 10 rings (SSSR count). The molecule has 380 valence electrons. The van der Waals surface area contributed by atoms with Gasteiger partial charge in [0.1, 0.15) is 23.8 Å². The van der Waals surface area contributed by atoms with E-state index in [0.29, 0.717) is 36.9 Å². The third-order valence-electron chi connectivity index (χ3n) is 16.4. The van der Waals surface area contributed by atoms with E-state index in [1.165, 1.54) is 24.3 Å². The van der Waals surface area contributed by atoms with Gasteiger partial charge < -0.3 is 29.6 Å². The molecule has 0 bridgehead atoms. The van der Waals surface area contributed by atoms with Crippen molar-refractivity contribution in [1.29, 1.82) is 0 Å². The van der Waals surface area contributed by atoms with E-state index in [4.69, 9.17) is 18.9 Å². The second-order valence-electron chi connectivity index (χ2n) is 20.6. The van der Waals surface area contributed by atoms with Gasteiger partial charge in [-0.1, -0.05) is 48.6 Å². The summed E-state index contributed by atoms with van der Waals surface area (Å²) in [4.78, 5) is 58.5. The normalized spacial score (nSPS) is 31.4. The lowest BCUT2D eigenvalue weighted by Gasteiger charge is -2.47. The minimum Gasteiger partial charge on any atom is -0.462 e. The summed E-state index contributed by atoms with van der Waals surface area (Å²) in [5, 5.41) is 6.06. The highest BCUT2D eigenvalue weighted by atomic mass is 19.1. The van der Waals surface area contributed by atoms with Crippen LogP contribution < -0.4 is 10.6 Å². The van der Waals surface area contributed by atoms with Crippen molar-refractivity contribution in [3.05, 3.63) is 120 Å². The number of hydrogen-bond donors (Lipinski definition) is 2. The van der Waals surface area contributed by atoms with Crippen LogP contribution in [-0.4, -0.2) is 71.6 Å². The molecule has 0 spiro atoms. The highest BCUT2D eigenvalue weighted by Gasteiger charge is 2.56. The Morgan fingerprint density at radius 2 is 1.04 bits per heavy atom. The number of ether oxygens (including phenoxy) is 4. The van der Waals surface area contributed by atoms with E-state index in [1.54, 1.807) is 38.4 Å². The number of fused-ring (bicyclic) bond motifs is 4. The molecule has 2 aliphatic heterocycles. The molecule has 0 unspecified atom stereocenters. The molecular formula is C58H66F2N4O8. The van der Waals surface area contributed by atoms with Crippen molar-refractivity contribution in [2.45, 2.75) is 103 Å². The number of amides is 2. The monoisotopic (exact) mass is 984 g/mol. The second-order valence-corrected chi connectivity index (χ2v) is 20.6. The number of esters is 2. The quantitative estimate of drug-likeness (QED) is 0.116. The van der Waals surface area contributed by atoms with E-state index >= 15 is 0 Å². The number of nitrogens with zero attached hydrogens (tertiary/aromatic N) is 2. The minimum atomic E-state index is -0.364. The van der Waals surface area contributed by atoms with Crippen LogP contribution in [0.5, 0.6) is 0 Å². The third kappa shape index (κ3) is 11.4. The number of benzene rings is 2. The molecule has 14 atom stereocenters. The maximum Gasteiger partial charge on any atom is 0.407 e. The fraction of sp³-hybridized carbons (Fsp3) is 0.483. The lowest BCUT2D eigenvalue weighted by Crippen LogP contribution is -2.48. The Balaban J connectivity index is 0.000000178. The first-order valence-electron chi connectivity index (χ1n) is 25.9. The van der Waals surface area contributed by atoms with Crippen LogP contribution in [0.3, 0.4) is 0 Å². The number of carbonyl (C=O) groups is 4. The molecule has 2 aromatic carbocycles. The van der Waals surface area contributed by atoms with E-state index in [1.807, 2.05) is 62.4 Å². The van der Waals surface area contributed by atoms with Crippen LogP contribution in [0.2, 0.25) is 0 Å². The summed E-state index contributed by atoms with van der Waals surface area (Å²) in [5.74, 6) is 1.18. The van der Waals surface area contributed by atoms with Gasteiger partial charge in [0.05, 0.1) is 36.4 Å². The van der Waals surface area contributed by atoms with Gasteiger partial charge >= 0.3 is 24.1 Å². The third-order valence-corrected chi connectivity index (χ3v) is 16.4. The van der Waals surface area contributed by atoms with Gasteiger partial charge in [-0.2, -0.15) is 0 Å². The van der Waals surface area contributed by atoms with Gasteiger partial charge in [-0.15, -0.1) is 0 Å². The van der Waals surface area contributed by atoms with Crippen molar-refractivity contribution in [3.8, 4) is 22.3 Å². The van der Waals surface area contributed by atoms with Crippen LogP contribution in [0.25, 0.3) is 34.4 Å². The maximum absolute atomic E-state index is 13.6. The first-order chi connectivity index (χ1) is 34.8. The molecule has 14 heteroatoms. The summed E-state index contributed by atoms with van der Waals surface area (Å²) >= 11 is 0.